The summed E-state index contributed by atoms with van der Waals surface area (Å²) in [5, 5.41) is 4.01. The van der Waals surface area contributed by atoms with E-state index in [4.69, 9.17) is 0 Å². The van der Waals surface area contributed by atoms with Crippen molar-refractivity contribution in [2.75, 3.05) is 0 Å². The molecule has 1 rings (SSSR count). The molecule has 0 aliphatic carbocycles. The molecule has 6 heteroatoms. The predicted molar refractivity (Wildman–Crippen MR) is 62.7 cm³/mol. The van der Waals surface area contributed by atoms with Crippen LogP contribution < -0.4 is 4.72 Å². The Morgan fingerprint density at radius 3 is 2.50 bits per heavy atom. The monoisotopic (exact) mass is 245 g/mol. The number of rotatable bonds is 5. The van der Waals surface area contributed by atoms with Crippen LogP contribution in [0.5, 0.6) is 0 Å². The van der Waals surface area contributed by atoms with Gasteiger partial charge in [0.05, 0.1) is 6.20 Å². The van der Waals surface area contributed by atoms with E-state index in [9.17, 15) is 8.42 Å². The Bertz CT molecular complexity index is 437. The highest BCUT2D eigenvalue weighted by Crippen LogP contribution is 2.11. The van der Waals surface area contributed by atoms with Crippen LogP contribution in [-0.4, -0.2) is 24.2 Å². The number of hydrogen-bond donors (Lipinski definition) is 1. The van der Waals surface area contributed by atoms with Gasteiger partial charge in [-0.2, -0.15) is 5.10 Å². The quantitative estimate of drug-likeness (QED) is 0.856. The number of aromatic nitrogens is 2. The predicted octanol–water partition coefficient (Wildman–Crippen LogP) is 1.54. The second kappa shape index (κ2) is 4.97. The van der Waals surface area contributed by atoms with Crippen molar-refractivity contribution in [2.45, 2.75) is 51.1 Å². The highest BCUT2D eigenvalue weighted by Gasteiger charge is 2.18. The van der Waals surface area contributed by atoms with E-state index >= 15 is 0 Å². The lowest BCUT2D eigenvalue weighted by Crippen LogP contribution is -2.31. The molecule has 0 aliphatic rings. The van der Waals surface area contributed by atoms with E-state index in [1.54, 1.807) is 10.9 Å². The average molecular weight is 245 g/mol. The summed E-state index contributed by atoms with van der Waals surface area (Å²) in [6, 6.07) is 0.0972. The van der Waals surface area contributed by atoms with Gasteiger partial charge in [-0.1, -0.05) is 6.92 Å². The molecule has 0 amide bonds. The minimum atomic E-state index is -3.42. The maximum atomic E-state index is 11.9. The van der Waals surface area contributed by atoms with Crippen molar-refractivity contribution in [1.82, 2.24) is 14.5 Å². The Morgan fingerprint density at radius 2 is 2.06 bits per heavy atom. The van der Waals surface area contributed by atoms with E-state index in [0.717, 1.165) is 6.42 Å². The number of sulfonamides is 1. The molecule has 16 heavy (non-hydrogen) atoms. The van der Waals surface area contributed by atoms with Gasteiger partial charge in [0.15, 0.2) is 0 Å². The lowest BCUT2D eigenvalue weighted by Gasteiger charge is -2.10. The molecule has 92 valence electrons. The van der Waals surface area contributed by atoms with Gasteiger partial charge < -0.3 is 0 Å². The van der Waals surface area contributed by atoms with E-state index in [0.29, 0.717) is 0 Å². The first kappa shape index (κ1) is 13.2. The molecule has 0 radical (unpaired) electrons. The fourth-order valence-corrected chi connectivity index (χ4v) is 2.42. The molecule has 0 aliphatic heterocycles. The summed E-state index contributed by atoms with van der Waals surface area (Å²) in [5.41, 5.74) is 0. The molecule has 1 aromatic rings. The Hall–Kier alpha value is -0.880. The summed E-state index contributed by atoms with van der Waals surface area (Å²) in [5.74, 6) is 0. The summed E-state index contributed by atoms with van der Waals surface area (Å²) in [7, 11) is -3.42. The van der Waals surface area contributed by atoms with Gasteiger partial charge in [0.25, 0.3) is 0 Å². The van der Waals surface area contributed by atoms with Crippen molar-refractivity contribution in [1.29, 1.82) is 0 Å². The highest BCUT2D eigenvalue weighted by atomic mass is 32.2. The molecule has 0 fully saturated rings. The summed E-state index contributed by atoms with van der Waals surface area (Å²) in [6.07, 6.45) is 3.69. The Labute approximate surface area is 96.9 Å². The maximum Gasteiger partial charge on any atom is 0.243 e. The van der Waals surface area contributed by atoms with Crippen molar-refractivity contribution in [3.05, 3.63) is 12.4 Å². The molecule has 1 heterocycles. The highest BCUT2D eigenvalue weighted by molar-refractivity contribution is 7.89. The summed E-state index contributed by atoms with van der Waals surface area (Å²) < 4.78 is 28.0. The van der Waals surface area contributed by atoms with E-state index in [1.165, 1.54) is 6.20 Å². The third-order valence-corrected chi connectivity index (χ3v) is 3.93. The lowest BCUT2D eigenvalue weighted by molar-refractivity contribution is 0.530. The average Bonchev–Trinajstić information content (AvgIpc) is 2.66. The molecule has 5 nitrogen and oxygen atoms in total. The fourth-order valence-electron chi connectivity index (χ4n) is 1.16. The largest absolute Gasteiger partial charge is 0.269 e. The molecular formula is C10H19N3O2S. The summed E-state index contributed by atoms with van der Waals surface area (Å²) in [4.78, 5) is 0.224. The number of nitrogens with one attached hydrogen (secondary N) is 1. The van der Waals surface area contributed by atoms with Gasteiger partial charge in [0, 0.05) is 18.3 Å². The minimum absolute atomic E-state index is 0.0626. The molecule has 0 aromatic carbocycles. The van der Waals surface area contributed by atoms with E-state index in [2.05, 4.69) is 9.82 Å². The molecule has 0 saturated heterocycles. The zero-order chi connectivity index (χ0) is 12.3. The first-order valence-electron chi connectivity index (χ1n) is 5.43. The van der Waals surface area contributed by atoms with Crippen molar-refractivity contribution in [3.8, 4) is 0 Å². The Balaban J connectivity index is 2.90. The first-order valence-corrected chi connectivity index (χ1v) is 6.91. The van der Waals surface area contributed by atoms with Gasteiger partial charge in [-0.15, -0.1) is 0 Å². The second-order valence-corrected chi connectivity index (χ2v) is 5.89. The molecule has 0 bridgehead atoms. The molecule has 1 aromatic heterocycles. The molecule has 1 atom stereocenters. The zero-order valence-electron chi connectivity index (χ0n) is 10.1. The smallest absolute Gasteiger partial charge is 0.243 e. The zero-order valence-corrected chi connectivity index (χ0v) is 11.0. The minimum Gasteiger partial charge on any atom is -0.269 e. The van der Waals surface area contributed by atoms with E-state index < -0.39 is 10.0 Å². The fraction of sp³-hybridized carbons (Fsp3) is 0.700. The SMILES string of the molecule is CC[C@@H](C)NS(=O)(=O)c1cnn(C(C)C)c1. The third-order valence-electron chi connectivity index (χ3n) is 2.39. The van der Waals surface area contributed by atoms with Crippen molar-refractivity contribution >= 4 is 10.0 Å². The van der Waals surface area contributed by atoms with E-state index in [1.807, 2.05) is 27.7 Å². The Morgan fingerprint density at radius 1 is 1.44 bits per heavy atom. The lowest BCUT2D eigenvalue weighted by atomic mass is 10.3. The van der Waals surface area contributed by atoms with Crippen LogP contribution in [0.2, 0.25) is 0 Å². The number of nitrogens with zero attached hydrogens (tertiary/aromatic N) is 2. The van der Waals surface area contributed by atoms with Crippen LogP contribution in [0.15, 0.2) is 17.3 Å². The maximum absolute atomic E-state index is 11.9. The normalized spacial score (nSPS) is 14.3. The van der Waals surface area contributed by atoms with Gasteiger partial charge in [0.2, 0.25) is 10.0 Å². The molecule has 0 spiro atoms. The molecule has 0 unspecified atom stereocenters. The molecule has 0 saturated carbocycles. The third kappa shape index (κ3) is 3.05. The second-order valence-electron chi connectivity index (χ2n) is 4.18. The van der Waals surface area contributed by atoms with Crippen molar-refractivity contribution in [3.63, 3.8) is 0 Å². The van der Waals surface area contributed by atoms with Crippen molar-refractivity contribution in [2.24, 2.45) is 0 Å². The standard InChI is InChI=1S/C10H19N3O2S/c1-5-9(4)12-16(14,15)10-6-11-13(7-10)8(2)3/h6-9,12H,5H2,1-4H3/t9-/m1/s1. The summed E-state index contributed by atoms with van der Waals surface area (Å²) >= 11 is 0. The van der Waals surface area contributed by atoms with Gasteiger partial charge in [-0.05, 0) is 27.2 Å². The van der Waals surface area contributed by atoms with Crippen LogP contribution >= 0.6 is 0 Å². The van der Waals surface area contributed by atoms with Crippen LogP contribution in [0, 0.1) is 0 Å². The molecular weight excluding hydrogens is 226 g/mol. The van der Waals surface area contributed by atoms with Gasteiger partial charge >= 0.3 is 0 Å². The van der Waals surface area contributed by atoms with Crippen LogP contribution in [0.25, 0.3) is 0 Å². The molecule has 1 N–H and O–H groups in total. The van der Waals surface area contributed by atoms with Crippen LogP contribution in [0.1, 0.15) is 40.2 Å². The Kier molecular flexibility index (Phi) is 4.09. The number of hydrogen-bond acceptors (Lipinski definition) is 3. The topological polar surface area (TPSA) is 64.0 Å². The van der Waals surface area contributed by atoms with Crippen molar-refractivity contribution < 1.29 is 8.42 Å². The van der Waals surface area contributed by atoms with E-state index in [-0.39, 0.29) is 17.0 Å². The first-order chi connectivity index (χ1) is 7.36. The van der Waals surface area contributed by atoms with Crippen LogP contribution in [0.4, 0.5) is 0 Å². The van der Waals surface area contributed by atoms with Crippen LogP contribution in [-0.2, 0) is 10.0 Å². The van der Waals surface area contributed by atoms with Gasteiger partial charge in [0.1, 0.15) is 4.90 Å². The summed E-state index contributed by atoms with van der Waals surface area (Å²) in [6.45, 7) is 7.67. The van der Waals surface area contributed by atoms with Gasteiger partial charge in [-0.3, -0.25) is 4.68 Å². The van der Waals surface area contributed by atoms with Gasteiger partial charge in [-0.25, -0.2) is 13.1 Å². The van der Waals surface area contributed by atoms with Crippen LogP contribution in [0.3, 0.4) is 0 Å².